The van der Waals surface area contributed by atoms with Crippen LogP contribution in [0.2, 0.25) is 0 Å². The minimum absolute atomic E-state index is 0.130. The monoisotopic (exact) mass is 346 g/mol. The van der Waals surface area contributed by atoms with Crippen LogP contribution in [0.5, 0.6) is 5.75 Å². The fraction of sp³-hybridized carbons (Fsp3) is 0.474. The average Bonchev–Trinajstić information content (AvgIpc) is 2.51. The van der Waals surface area contributed by atoms with Gasteiger partial charge in [0.1, 0.15) is 11.4 Å². The van der Waals surface area contributed by atoms with Gasteiger partial charge in [0.15, 0.2) is 0 Å². The number of hydrogen-bond donors (Lipinski definition) is 2. The maximum absolute atomic E-state index is 12.0. The van der Waals surface area contributed by atoms with E-state index in [-0.39, 0.29) is 18.9 Å². The van der Waals surface area contributed by atoms with Gasteiger partial charge in [-0.25, -0.2) is 4.79 Å². The molecule has 0 atom stereocenters. The lowest BCUT2D eigenvalue weighted by Gasteiger charge is -2.19. The molecule has 0 bridgehead atoms. The first kappa shape index (κ1) is 20.4. The number of para-hydroxylation sites is 2. The van der Waals surface area contributed by atoms with Gasteiger partial charge < -0.3 is 20.1 Å². The molecule has 0 saturated heterocycles. The molecule has 0 aliphatic rings. The Hall–Kier alpha value is -2.68. The normalized spacial score (nSPS) is 10.5. The summed E-state index contributed by atoms with van der Waals surface area (Å²) in [5.41, 5.74) is 0.0210. The van der Waals surface area contributed by atoms with Crippen molar-refractivity contribution in [2.24, 2.45) is 0 Å². The van der Waals surface area contributed by atoms with Crippen LogP contribution in [0.1, 0.15) is 40.0 Å². The number of nitrogens with one attached hydrogen (secondary N) is 2. The molecule has 6 heteroatoms. The quantitative estimate of drug-likeness (QED) is 0.559. The van der Waals surface area contributed by atoms with Crippen molar-refractivity contribution in [1.29, 1.82) is 0 Å². The third-order valence-electron chi connectivity index (χ3n) is 2.90. The Morgan fingerprint density at radius 1 is 1.24 bits per heavy atom. The number of terminal acetylenes is 1. The second-order valence-electron chi connectivity index (χ2n) is 6.38. The fourth-order valence-electron chi connectivity index (χ4n) is 1.86. The molecular weight excluding hydrogens is 320 g/mol. The second kappa shape index (κ2) is 10.2. The first-order valence-electron chi connectivity index (χ1n) is 8.24. The number of anilines is 1. The number of alkyl carbamates (subject to hydrolysis) is 1. The van der Waals surface area contributed by atoms with E-state index >= 15 is 0 Å². The van der Waals surface area contributed by atoms with Crippen molar-refractivity contribution in [2.75, 3.05) is 18.5 Å². The molecule has 0 fully saturated rings. The van der Waals surface area contributed by atoms with Crippen molar-refractivity contribution < 1.29 is 19.1 Å². The number of ether oxygens (including phenoxy) is 2. The van der Waals surface area contributed by atoms with E-state index in [1.165, 1.54) is 0 Å². The number of carbonyl (C=O) groups excluding carboxylic acids is 2. The summed E-state index contributed by atoms with van der Waals surface area (Å²) in [6.07, 6.45) is 6.18. The van der Waals surface area contributed by atoms with Crippen LogP contribution in [0.15, 0.2) is 24.3 Å². The molecule has 1 aromatic carbocycles. The van der Waals surface area contributed by atoms with E-state index in [0.717, 1.165) is 6.42 Å². The Balaban J connectivity index is 2.41. The topological polar surface area (TPSA) is 76.7 Å². The molecule has 0 aliphatic carbocycles. The van der Waals surface area contributed by atoms with Gasteiger partial charge in [0.25, 0.3) is 0 Å². The summed E-state index contributed by atoms with van der Waals surface area (Å²) < 4.78 is 10.7. The zero-order chi connectivity index (χ0) is 18.7. The van der Waals surface area contributed by atoms with Gasteiger partial charge in [0.2, 0.25) is 5.91 Å². The molecule has 0 spiro atoms. The van der Waals surface area contributed by atoms with Crippen LogP contribution in [-0.4, -0.2) is 30.8 Å². The van der Waals surface area contributed by atoms with Gasteiger partial charge in [-0.1, -0.05) is 12.1 Å². The zero-order valence-corrected chi connectivity index (χ0v) is 15.1. The molecule has 0 aliphatic heterocycles. The Morgan fingerprint density at radius 2 is 1.96 bits per heavy atom. The molecule has 1 rings (SSSR count). The van der Waals surface area contributed by atoms with Crippen molar-refractivity contribution in [3.05, 3.63) is 24.3 Å². The molecule has 0 radical (unpaired) electrons. The van der Waals surface area contributed by atoms with Gasteiger partial charge in [0.05, 0.1) is 12.3 Å². The number of carbonyl (C=O) groups is 2. The summed E-state index contributed by atoms with van der Waals surface area (Å²) >= 11 is 0. The molecule has 0 aromatic heterocycles. The average molecular weight is 346 g/mol. The first-order chi connectivity index (χ1) is 11.8. The number of amides is 2. The Labute approximate surface area is 149 Å². The van der Waals surface area contributed by atoms with Gasteiger partial charge in [0, 0.05) is 19.4 Å². The lowest BCUT2D eigenvalue weighted by Crippen LogP contribution is -2.34. The summed E-state index contributed by atoms with van der Waals surface area (Å²) in [5, 5.41) is 5.32. The highest BCUT2D eigenvalue weighted by molar-refractivity contribution is 5.92. The molecule has 25 heavy (non-hydrogen) atoms. The molecule has 0 unspecified atom stereocenters. The van der Waals surface area contributed by atoms with Crippen LogP contribution >= 0.6 is 0 Å². The Bertz CT molecular complexity index is 615. The van der Waals surface area contributed by atoms with Crippen molar-refractivity contribution in [2.45, 2.75) is 45.6 Å². The van der Waals surface area contributed by atoms with Gasteiger partial charge in [-0.05, 0) is 39.3 Å². The summed E-state index contributed by atoms with van der Waals surface area (Å²) in [4.78, 5) is 23.5. The van der Waals surface area contributed by atoms with Gasteiger partial charge in [-0.15, -0.1) is 12.3 Å². The standard InChI is InChI=1S/C19H26N2O4/c1-5-6-9-14-24-16-11-8-7-10-15(16)21-17(22)12-13-20-18(23)25-19(2,3)4/h1,7-8,10-11H,6,9,12-14H2,2-4H3,(H,20,23)(H,21,22). The van der Waals surface area contributed by atoms with E-state index in [9.17, 15) is 9.59 Å². The SMILES string of the molecule is C#CCCCOc1ccccc1NC(=O)CCNC(=O)OC(C)(C)C. The maximum Gasteiger partial charge on any atom is 0.407 e. The van der Waals surface area contributed by atoms with Gasteiger partial charge >= 0.3 is 6.09 Å². The van der Waals surface area contributed by atoms with E-state index in [4.69, 9.17) is 15.9 Å². The van der Waals surface area contributed by atoms with Crippen molar-refractivity contribution >= 4 is 17.7 Å². The highest BCUT2D eigenvalue weighted by Crippen LogP contribution is 2.24. The molecule has 136 valence electrons. The minimum atomic E-state index is -0.567. The molecule has 6 nitrogen and oxygen atoms in total. The minimum Gasteiger partial charge on any atom is -0.491 e. The number of hydrogen-bond acceptors (Lipinski definition) is 4. The van der Waals surface area contributed by atoms with E-state index in [1.54, 1.807) is 32.9 Å². The van der Waals surface area contributed by atoms with Crippen LogP contribution in [0.25, 0.3) is 0 Å². The molecule has 2 amide bonds. The van der Waals surface area contributed by atoms with E-state index < -0.39 is 11.7 Å². The third kappa shape index (κ3) is 9.26. The maximum atomic E-state index is 12.0. The Kier molecular flexibility index (Phi) is 8.34. The first-order valence-corrected chi connectivity index (χ1v) is 8.24. The molecule has 0 heterocycles. The number of benzene rings is 1. The van der Waals surface area contributed by atoms with Crippen LogP contribution in [-0.2, 0) is 9.53 Å². The summed E-state index contributed by atoms with van der Waals surface area (Å²) in [6, 6.07) is 7.18. The molecular formula is C19H26N2O4. The third-order valence-corrected chi connectivity index (χ3v) is 2.90. The predicted molar refractivity (Wildman–Crippen MR) is 97.5 cm³/mol. The largest absolute Gasteiger partial charge is 0.491 e. The lowest BCUT2D eigenvalue weighted by molar-refractivity contribution is -0.116. The Morgan fingerprint density at radius 3 is 2.64 bits per heavy atom. The summed E-state index contributed by atoms with van der Waals surface area (Å²) in [7, 11) is 0. The highest BCUT2D eigenvalue weighted by Gasteiger charge is 2.16. The smallest absolute Gasteiger partial charge is 0.407 e. The molecule has 2 N–H and O–H groups in total. The van der Waals surface area contributed by atoms with Gasteiger partial charge in [-0.2, -0.15) is 0 Å². The van der Waals surface area contributed by atoms with E-state index in [0.29, 0.717) is 24.5 Å². The van der Waals surface area contributed by atoms with Crippen LogP contribution in [0.3, 0.4) is 0 Å². The molecule has 0 saturated carbocycles. The van der Waals surface area contributed by atoms with E-state index in [2.05, 4.69) is 16.6 Å². The highest BCUT2D eigenvalue weighted by atomic mass is 16.6. The van der Waals surface area contributed by atoms with E-state index in [1.807, 2.05) is 12.1 Å². The zero-order valence-electron chi connectivity index (χ0n) is 15.1. The van der Waals surface area contributed by atoms with Crippen LogP contribution in [0, 0.1) is 12.3 Å². The van der Waals surface area contributed by atoms with Crippen molar-refractivity contribution in [3.63, 3.8) is 0 Å². The summed E-state index contributed by atoms with van der Waals surface area (Å²) in [6.45, 7) is 6.00. The van der Waals surface area contributed by atoms with Crippen molar-refractivity contribution in [3.8, 4) is 18.1 Å². The van der Waals surface area contributed by atoms with Crippen LogP contribution in [0.4, 0.5) is 10.5 Å². The summed E-state index contributed by atoms with van der Waals surface area (Å²) in [5.74, 6) is 2.92. The van der Waals surface area contributed by atoms with Gasteiger partial charge in [-0.3, -0.25) is 4.79 Å². The number of unbranched alkanes of at least 4 members (excludes halogenated alkanes) is 1. The predicted octanol–water partition coefficient (Wildman–Crippen LogP) is 3.33. The molecule has 1 aromatic rings. The lowest BCUT2D eigenvalue weighted by atomic mass is 10.2. The second-order valence-corrected chi connectivity index (χ2v) is 6.38. The van der Waals surface area contributed by atoms with Crippen molar-refractivity contribution in [1.82, 2.24) is 5.32 Å². The van der Waals surface area contributed by atoms with Crippen LogP contribution < -0.4 is 15.4 Å². The number of rotatable bonds is 8. The fourth-order valence-corrected chi connectivity index (χ4v) is 1.86.